The van der Waals surface area contributed by atoms with Crippen molar-refractivity contribution in [3.63, 3.8) is 0 Å². The minimum absolute atomic E-state index is 0.00883. The fourth-order valence-corrected chi connectivity index (χ4v) is 2.01. The van der Waals surface area contributed by atoms with Gasteiger partial charge >= 0.3 is 5.97 Å². The number of aliphatic carboxylic acids is 1. The highest BCUT2D eigenvalue weighted by Crippen LogP contribution is 2.32. The van der Waals surface area contributed by atoms with Crippen LogP contribution < -0.4 is 14.8 Å². The number of hydrogen-bond acceptors (Lipinski definition) is 5. The average molecular weight is 295 g/mol. The maximum absolute atomic E-state index is 11.7. The molecule has 0 aliphatic carbocycles. The largest absolute Gasteiger partial charge is 0.480 e. The minimum Gasteiger partial charge on any atom is -0.480 e. The molecule has 0 radical (unpaired) electrons. The van der Waals surface area contributed by atoms with Gasteiger partial charge in [-0.05, 0) is 24.1 Å². The molecular formula is C14H17NO6. The predicted octanol–water partition coefficient (Wildman–Crippen LogP) is 0.300. The Balaban J connectivity index is 1.84. The Hall–Kier alpha value is -2.28. The van der Waals surface area contributed by atoms with Crippen LogP contribution in [0.4, 0.5) is 0 Å². The summed E-state index contributed by atoms with van der Waals surface area (Å²) in [5.41, 5.74) is 0.906. The Kier molecular flexibility index (Phi) is 4.99. The van der Waals surface area contributed by atoms with E-state index < -0.39 is 12.0 Å². The van der Waals surface area contributed by atoms with E-state index in [0.717, 1.165) is 5.56 Å². The van der Waals surface area contributed by atoms with Crippen molar-refractivity contribution in [3.05, 3.63) is 23.8 Å². The number of ether oxygens (including phenoxy) is 2. The zero-order valence-corrected chi connectivity index (χ0v) is 11.4. The van der Waals surface area contributed by atoms with Crippen LogP contribution in [0.15, 0.2) is 18.2 Å². The number of hydrogen-bond donors (Lipinski definition) is 3. The average Bonchev–Trinajstić information content (AvgIpc) is 2.92. The molecule has 0 fully saturated rings. The molecule has 3 N–H and O–H groups in total. The number of aliphatic hydroxyl groups is 1. The summed E-state index contributed by atoms with van der Waals surface area (Å²) in [5, 5.41) is 20.0. The Morgan fingerprint density at radius 3 is 2.76 bits per heavy atom. The lowest BCUT2D eigenvalue weighted by atomic mass is 10.1. The van der Waals surface area contributed by atoms with E-state index in [9.17, 15) is 9.59 Å². The van der Waals surface area contributed by atoms with Gasteiger partial charge in [-0.15, -0.1) is 0 Å². The molecule has 7 heteroatoms. The number of amides is 1. The molecule has 21 heavy (non-hydrogen) atoms. The number of benzene rings is 1. The number of carbonyl (C=O) groups excluding carboxylic acids is 1. The van der Waals surface area contributed by atoms with Gasteiger partial charge in [0.1, 0.15) is 6.04 Å². The predicted molar refractivity (Wildman–Crippen MR) is 72.2 cm³/mol. The van der Waals surface area contributed by atoms with Crippen molar-refractivity contribution < 1.29 is 29.3 Å². The molecule has 0 saturated carbocycles. The minimum atomic E-state index is -1.15. The number of aliphatic hydroxyl groups excluding tert-OH is 1. The van der Waals surface area contributed by atoms with Crippen LogP contribution in [-0.4, -0.2) is 41.5 Å². The molecular weight excluding hydrogens is 278 g/mol. The lowest BCUT2D eigenvalue weighted by molar-refractivity contribution is -0.142. The summed E-state index contributed by atoms with van der Waals surface area (Å²) in [6, 6.07) is 4.36. The van der Waals surface area contributed by atoms with Crippen molar-refractivity contribution in [1.82, 2.24) is 5.32 Å². The second-order valence-electron chi connectivity index (χ2n) is 4.66. The molecule has 1 aromatic rings. The third kappa shape index (κ3) is 4.09. The van der Waals surface area contributed by atoms with Crippen molar-refractivity contribution in [2.24, 2.45) is 0 Å². The second-order valence-corrected chi connectivity index (χ2v) is 4.66. The molecule has 0 bridgehead atoms. The molecule has 1 aromatic carbocycles. The Morgan fingerprint density at radius 1 is 1.29 bits per heavy atom. The first-order valence-corrected chi connectivity index (χ1v) is 6.61. The van der Waals surface area contributed by atoms with Crippen molar-refractivity contribution in [2.75, 3.05) is 13.4 Å². The summed E-state index contributed by atoms with van der Waals surface area (Å²) in [7, 11) is 0. The maximum Gasteiger partial charge on any atom is 0.326 e. The van der Waals surface area contributed by atoms with E-state index in [1.807, 2.05) is 6.07 Å². The van der Waals surface area contributed by atoms with Gasteiger partial charge in [0.05, 0.1) is 0 Å². The van der Waals surface area contributed by atoms with Crippen LogP contribution in [0.2, 0.25) is 0 Å². The van der Waals surface area contributed by atoms with Crippen LogP contribution in [-0.2, 0) is 16.0 Å². The SMILES string of the molecule is O=C(CCc1ccc2c(c1)OCO2)N[C@@H](CCO)C(=O)O. The summed E-state index contributed by atoms with van der Waals surface area (Å²) >= 11 is 0. The molecule has 0 spiro atoms. The van der Waals surface area contributed by atoms with Gasteiger partial charge in [-0.2, -0.15) is 0 Å². The van der Waals surface area contributed by atoms with Crippen molar-refractivity contribution in [2.45, 2.75) is 25.3 Å². The number of fused-ring (bicyclic) bond motifs is 1. The molecule has 1 aliphatic heterocycles. The van der Waals surface area contributed by atoms with Gasteiger partial charge in [-0.1, -0.05) is 6.07 Å². The van der Waals surface area contributed by atoms with Gasteiger partial charge in [0.2, 0.25) is 12.7 Å². The van der Waals surface area contributed by atoms with Crippen LogP contribution in [0.1, 0.15) is 18.4 Å². The quantitative estimate of drug-likeness (QED) is 0.668. The summed E-state index contributed by atoms with van der Waals surface area (Å²) in [4.78, 5) is 22.6. The van der Waals surface area contributed by atoms with Gasteiger partial charge in [0, 0.05) is 19.4 Å². The van der Waals surface area contributed by atoms with E-state index in [4.69, 9.17) is 19.7 Å². The highest BCUT2D eigenvalue weighted by atomic mass is 16.7. The number of nitrogens with one attached hydrogen (secondary N) is 1. The molecule has 0 saturated heterocycles. The van der Waals surface area contributed by atoms with E-state index in [1.54, 1.807) is 12.1 Å². The zero-order chi connectivity index (χ0) is 15.2. The first kappa shape index (κ1) is 15.1. The smallest absolute Gasteiger partial charge is 0.326 e. The standard InChI is InChI=1S/C14H17NO6/c16-6-5-10(14(18)19)15-13(17)4-2-9-1-3-11-12(7-9)21-8-20-11/h1,3,7,10,16H,2,4-6,8H2,(H,15,17)(H,18,19)/t10-/m0/s1. The van der Waals surface area contributed by atoms with Crippen LogP contribution in [0, 0.1) is 0 Å². The molecule has 1 aliphatic rings. The molecule has 7 nitrogen and oxygen atoms in total. The Morgan fingerprint density at radius 2 is 2.05 bits per heavy atom. The normalized spacial score (nSPS) is 13.8. The zero-order valence-electron chi connectivity index (χ0n) is 11.4. The third-order valence-electron chi connectivity index (χ3n) is 3.13. The summed E-state index contributed by atoms with van der Waals surface area (Å²) < 4.78 is 10.4. The Bertz CT molecular complexity index is 530. The molecule has 1 amide bonds. The molecule has 0 unspecified atom stereocenters. The fraction of sp³-hybridized carbons (Fsp3) is 0.429. The number of aryl methyl sites for hydroxylation is 1. The highest BCUT2D eigenvalue weighted by molar-refractivity contribution is 5.83. The van der Waals surface area contributed by atoms with Crippen molar-refractivity contribution in [3.8, 4) is 11.5 Å². The van der Waals surface area contributed by atoms with Gasteiger partial charge in [0.15, 0.2) is 11.5 Å². The number of rotatable bonds is 7. The fourth-order valence-electron chi connectivity index (χ4n) is 2.01. The van der Waals surface area contributed by atoms with Gasteiger partial charge in [-0.25, -0.2) is 4.79 Å². The van der Waals surface area contributed by atoms with E-state index in [0.29, 0.717) is 17.9 Å². The number of carbonyl (C=O) groups is 2. The number of carboxylic acid groups (broad SMARTS) is 1. The molecule has 0 aromatic heterocycles. The molecule has 1 heterocycles. The molecule has 2 rings (SSSR count). The highest BCUT2D eigenvalue weighted by Gasteiger charge is 2.19. The van der Waals surface area contributed by atoms with E-state index >= 15 is 0 Å². The lowest BCUT2D eigenvalue weighted by Gasteiger charge is -2.13. The monoisotopic (exact) mass is 295 g/mol. The summed E-state index contributed by atoms with van der Waals surface area (Å²) in [6.07, 6.45) is 0.619. The lowest BCUT2D eigenvalue weighted by Crippen LogP contribution is -2.41. The maximum atomic E-state index is 11.7. The van der Waals surface area contributed by atoms with E-state index in [2.05, 4.69) is 5.32 Å². The van der Waals surface area contributed by atoms with Crippen molar-refractivity contribution in [1.29, 1.82) is 0 Å². The Labute approximate surface area is 121 Å². The van der Waals surface area contributed by atoms with E-state index in [-0.39, 0.29) is 32.1 Å². The van der Waals surface area contributed by atoms with Crippen LogP contribution >= 0.6 is 0 Å². The first-order chi connectivity index (χ1) is 10.1. The first-order valence-electron chi connectivity index (χ1n) is 6.61. The summed E-state index contributed by atoms with van der Waals surface area (Å²) in [5.74, 6) is -0.192. The van der Waals surface area contributed by atoms with Crippen LogP contribution in [0.5, 0.6) is 11.5 Å². The molecule has 1 atom stereocenters. The van der Waals surface area contributed by atoms with Gasteiger partial charge in [0.25, 0.3) is 0 Å². The van der Waals surface area contributed by atoms with Crippen molar-refractivity contribution >= 4 is 11.9 Å². The van der Waals surface area contributed by atoms with Gasteiger partial charge in [-0.3, -0.25) is 4.79 Å². The van der Waals surface area contributed by atoms with Crippen LogP contribution in [0.3, 0.4) is 0 Å². The topological polar surface area (TPSA) is 105 Å². The van der Waals surface area contributed by atoms with Crippen LogP contribution in [0.25, 0.3) is 0 Å². The molecule has 114 valence electrons. The second kappa shape index (κ2) is 6.94. The van der Waals surface area contributed by atoms with E-state index in [1.165, 1.54) is 0 Å². The van der Waals surface area contributed by atoms with Gasteiger partial charge < -0.3 is 25.0 Å². The number of carboxylic acids is 1. The third-order valence-corrected chi connectivity index (χ3v) is 3.13. The summed E-state index contributed by atoms with van der Waals surface area (Å²) in [6.45, 7) is -0.0971.